The average molecular weight is 286 g/mol. The molecule has 0 unspecified atom stereocenters. The largest absolute Gasteiger partial charge is 0.389 e. The summed E-state index contributed by atoms with van der Waals surface area (Å²) in [5.41, 5.74) is 2.41. The van der Waals surface area contributed by atoms with Crippen LogP contribution in [-0.4, -0.2) is 40.4 Å². The third kappa shape index (κ3) is 2.63. The van der Waals surface area contributed by atoms with Gasteiger partial charge >= 0.3 is 0 Å². The summed E-state index contributed by atoms with van der Waals surface area (Å²) in [5, 5.41) is 18.9. The fourth-order valence-electron chi connectivity index (χ4n) is 2.00. The molecule has 0 amide bonds. The number of benzene rings is 1. The molecule has 4 heteroatoms. The highest BCUT2D eigenvalue weighted by molar-refractivity contribution is 9.10. The Balaban J connectivity index is 2.05. The van der Waals surface area contributed by atoms with Gasteiger partial charge in [0.15, 0.2) is 0 Å². The summed E-state index contributed by atoms with van der Waals surface area (Å²) in [7, 11) is 0. The third-order valence-corrected chi connectivity index (χ3v) is 3.68. The van der Waals surface area contributed by atoms with Gasteiger partial charge in [-0.1, -0.05) is 28.1 Å². The Morgan fingerprint density at radius 2 is 1.94 bits per heavy atom. The molecular weight excluding hydrogens is 270 g/mol. The van der Waals surface area contributed by atoms with E-state index < -0.39 is 12.2 Å². The second kappa shape index (κ2) is 4.84. The van der Waals surface area contributed by atoms with E-state index in [2.05, 4.69) is 46.0 Å². The van der Waals surface area contributed by atoms with Gasteiger partial charge in [-0.15, -0.1) is 0 Å². The number of aryl methyl sites for hydroxylation is 1. The van der Waals surface area contributed by atoms with Crippen LogP contribution in [0.4, 0.5) is 0 Å². The molecule has 2 atom stereocenters. The van der Waals surface area contributed by atoms with Gasteiger partial charge in [-0.25, -0.2) is 0 Å². The van der Waals surface area contributed by atoms with E-state index in [9.17, 15) is 10.2 Å². The first-order chi connectivity index (χ1) is 7.56. The zero-order valence-corrected chi connectivity index (χ0v) is 10.8. The number of hydrogen-bond donors (Lipinski definition) is 2. The second-order valence-corrected chi connectivity index (χ2v) is 5.28. The van der Waals surface area contributed by atoms with Crippen LogP contribution >= 0.6 is 15.9 Å². The Kier molecular flexibility index (Phi) is 3.64. The molecule has 1 aliphatic rings. The molecular formula is C12H16BrNO2. The molecule has 0 spiro atoms. The van der Waals surface area contributed by atoms with Crippen LogP contribution in [0.25, 0.3) is 0 Å². The molecule has 0 aliphatic carbocycles. The monoisotopic (exact) mass is 285 g/mol. The van der Waals surface area contributed by atoms with Crippen molar-refractivity contribution in [2.75, 3.05) is 13.1 Å². The van der Waals surface area contributed by atoms with Crippen LogP contribution in [0.15, 0.2) is 22.7 Å². The van der Waals surface area contributed by atoms with Crippen molar-refractivity contribution in [2.45, 2.75) is 25.7 Å². The zero-order chi connectivity index (χ0) is 11.7. The van der Waals surface area contributed by atoms with Crippen LogP contribution in [0, 0.1) is 6.92 Å². The van der Waals surface area contributed by atoms with Crippen LogP contribution < -0.4 is 0 Å². The number of likely N-dealkylation sites (tertiary alicyclic amines) is 1. The highest BCUT2D eigenvalue weighted by Gasteiger charge is 2.29. The maximum atomic E-state index is 9.46. The van der Waals surface area contributed by atoms with Gasteiger partial charge in [0, 0.05) is 24.1 Å². The predicted octanol–water partition coefficient (Wildman–Crippen LogP) is 1.29. The molecule has 1 aromatic rings. The lowest BCUT2D eigenvalue weighted by Crippen LogP contribution is -2.22. The Hall–Kier alpha value is -0.420. The van der Waals surface area contributed by atoms with E-state index in [-0.39, 0.29) is 0 Å². The van der Waals surface area contributed by atoms with E-state index in [4.69, 9.17) is 0 Å². The molecule has 0 bridgehead atoms. The molecule has 0 radical (unpaired) electrons. The third-order valence-electron chi connectivity index (χ3n) is 2.94. The van der Waals surface area contributed by atoms with E-state index in [0.29, 0.717) is 13.1 Å². The SMILES string of the molecule is Cc1ccc(CN2C[C@H](O)[C@@H](O)C2)c(Br)c1. The molecule has 2 rings (SSSR count). The van der Waals surface area contributed by atoms with Crippen LogP contribution in [0.3, 0.4) is 0 Å². The molecule has 88 valence electrons. The fraction of sp³-hybridized carbons (Fsp3) is 0.500. The van der Waals surface area contributed by atoms with Crippen molar-refractivity contribution < 1.29 is 10.2 Å². The standard InChI is InChI=1S/C12H16BrNO2/c1-8-2-3-9(10(13)4-8)5-14-6-11(15)12(16)7-14/h2-4,11-12,15-16H,5-7H2,1H3/t11-,12-/m0/s1. The number of nitrogens with zero attached hydrogens (tertiary/aromatic N) is 1. The van der Waals surface area contributed by atoms with Gasteiger partial charge in [0.05, 0.1) is 12.2 Å². The van der Waals surface area contributed by atoms with Crippen molar-refractivity contribution in [3.63, 3.8) is 0 Å². The van der Waals surface area contributed by atoms with E-state index in [0.717, 1.165) is 11.0 Å². The quantitative estimate of drug-likeness (QED) is 0.861. The highest BCUT2D eigenvalue weighted by atomic mass is 79.9. The lowest BCUT2D eigenvalue weighted by atomic mass is 10.1. The predicted molar refractivity (Wildman–Crippen MR) is 66.2 cm³/mol. The Labute approximate surface area is 104 Å². The maximum absolute atomic E-state index is 9.46. The molecule has 16 heavy (non-hydrogen) atoms. The molecule has 1 aromatic carbocycles. The van der Waals surface area contributed by atoms with Crippen molar-refractivity contribution in [3.05, 3.63) is 33.8 Å². The number of aliphatic hydroxyl groups excluding tert-OH is 2. The van der Waals surface area contributed by atoms with Crippen LogP contribution in [0.1, 0.15) is 11.1 Å². The maximum Gasteiger partial charge on any atom is 0.0938 e. The van der Waals surface area contributed by atoms with Crippen molar-refractivity contribution in [2.24, 2.45) is 0 Å². The first kappa shape index (κ1) is 12.0. The van der Waals surface area contributed by atoms with E-state index in [1.807, 2.05) is 0 Å². The van der Waals surface area contributed by atoms with Gasteiger partial charge in [0.1, 0.15) is 0 Å². The average Bonchev–Trinajstić information content (AvgIpc) is 2.51. The summed E-state index contributed by atoms with van der Waals surface area (Å²) in [6, 6.07) is 6.23. The normalized spacial score (nSPS) is 26.2. The Morgan fingerprint density at radius 3 is 2.50 bits per heavy atom. The van der Waals surface area contributed by atoms with E-state index >= 15 is 0 Å². The first-order valence-electron chi connectivity index (χ1n) is 5.40. The molecule has 3 nitrogen and oxygen atoms in total. The van der Waals surface area contributed by atoms with Crippen molar-refractivity contribution in [1.29, 1.82) is 0 Å². The summed E-state index contributed by atoms with van der Waals surface area (Å²) in [5.74, 6) is 0. The molecule has 0 aromatic heterocycles. The zero-order valence-electron chi connectivity index (χ0n) is 9.23. The Morgan fingerprint density at radius 1 is 1.31 bits per heavy atom. The van der Waals surface area contributed by atoms with Crippen LogP contribution in [0.5, 0.6) is 0 Å². The minimum absolute atomic E-state index is 0.543. The summed E-state index contributed by atoms with van der Waals surface area (Å²) in [4.78, 5) is 2.06. The lowest BCUT2D eigenvalue weighted by molar-refractivity contribution is 0.0572. The number of halogens is 1. The van der Waals surface area contributed by atoms with E-state index in [1.165, 1.54) is 11.1 Å². The van der Waals surface area contributed by atoms with Gasteiger partial charge in [0.25, 0.3) is 0 Å². The van der Waals surface area contributed by atoms with Gasteiger partial charge in [0.2, 0.25) is 0 Å². The molecule has 0 saturated carbocycles. The summed E-state index contributed by atoms with van der Waals surface area (Å²) >= 11 is 3.53. The summed E-state index contributed by atoms with van der Waals surface area (Å²) in [6.07, 6.45) is -1.21. The summed E-state index contributed by atoms with van der Waals surface area (Å²) < 4.78 is 1.09. The van der Waals surface area contributed by atoms with Crippen molar-refractivity contribution >= 4 is 15.9 Å². The molecule has 2 N–H and O–H groups in total. The number of rotatable bonds is 2. The molecule has 1 saturated heterocycles. The number of β-amino-alcohol motifs (C(OH)–C–C–N with tert-alkyl or cyclic N) is 2. The van der Waals surface area contributed by atoms with E-state index in [1.54, 1.807) is 0 Å². The molecule has 1 aliphatic heterocycles. The Bertz CT molecular complexity index is 373. The topological polar surface area (TPSA) is 43.7 Å². The minimum atomic E-state index is -0.607. The molecule has 1 fully saturated rings. The van der Waals surface area contributed by atoms with Crippen molar-refractivity contribution in [3.8, 4) is 0 Å². The second-order valence-electron chi connectivity index (χ2n) is 4.42. The van der Waals surface area contributed by atoms with Crippen molar-refractivity contribution in [1.82, 2.24) is 4.90 Å². The fourth-order valence-corrected chi connectivity index (χ4v) is 2.62. The minimum Gasteiger partial charge on any atom is -0.389 e. The van der Waals surface area contributed by atoms with Crippen LogP contribution in [-0.2, 0) is 6.54 Å². The van der Waals surface area contributed by atoms with Crippen LogP contribution in [0.2, 0.25) is 0 Å². The van der Waals surface area contributed by atoms with Gasteiger partial charge in [-0.05, 0) is 24.1 Å². The number of aliphatic hydroxyl groups is 2. The van der Waals surface area contributed by atoms with Gasteiger partial charge < -0.3 is 10.2 Å². The van der Waals surface area contributed by atoms with Gasteiger partial charge in [-0.2, -0.15) is 0 Å². The summed E-state index contributed by atoms with van der Waals surface area (Å²) in [6.45, 7) is 3.90. The highest BCUT2D eigenvalue weighted by Crippen LogP contribution is 2.22. The van der Waals surface area contributed by atoms with Gasteiger partial charge in [-0.3, -0.25) is 4.90 Å². The lowest BCUT2D eigenvalue weighted by Gasteiger charge is -2.16. The first-order valence-corrected chi connectivity index (χ1v) is 6.19. The smallest absolute Gasteiger partial charge is 0.0938 e. The number of hydrogen-bond acceptors (Lipinski definition) is 3. The molecule has 1 heterocycles.